The third kappa shape index (κ3) is 3.40. The van der Waals surface area contributed by atoms with Crippen LogP contribution in [0.15, 0.2) is 18.2 Å². The quantitative estimate of drug-likeness (QED) is 0.707. The molecule has 1 aromatic carbocycles. The normalized spacial score (nSPS) is 36.7. The molecule has 5 fully saturated rings. The Hall–Kier alpha value is -2.11. The number of anilines is 1. The Labute approximate surface area is 170 Å². The van der Waals surface area contributed by atoms with E-state index in [-0.39, 0.29) is 24.0 Å². The summed E-state index contributed by atoms with van der Waals surface area (Å²) in [5.74, 6) is 1.50. The molecule has 5 nitrogen and oxygen atoms in total. The largest absolute Gasteiger partial charge is 0.457 e. The van der Waals surface area contributed by atoms with Crippen LogP contribution in [0.1, 0.15) is 70.5 Å². The third-order valence-corrected chi connectivity index (χ3v) is 7.51. The van der Waals surface area contributed by atoms with E-state index < -0.39 is 17.3 Å². The van der Waals surface area contributed by atoms with E-state index in [9.17, 15) is 14.0 Å². The minimum atomic E-state index is -0.650. The number of carbonyl (C=O) groups excluding carboxylic acids is 2. The number of amides is 2. The molecule has 2 amide bonds. The predicted molar refractivity (Wildman–Crippen MR) is 107 cm³/mol. The van der Waals surface area contributed by atoms with Crippen LogP contribution >= 0.6 is 0 Å². The Morgan fingerprint density at radius 3 is 2.28 bits per heavy atom. The summed E-state index contributed by atoms with van der Waals surface area (Å²) < 4.78 is 19.9. The number of cyclic esters (lactones) is 1. The number of ether oxygens (including phenoxy) is 1. The standard InChI is InChI=1S/C23H29FN2O3/c1-22(2)12-19(27)29-20(22)17-8-16(3-4-18(17)24)25-21(28)26-23-9-13-5-14(10-23)7-15(6-13)11-23/h3-4,8,13-15,20H,5-7,9-12H2,1-2H3,(H2,25,26,28). The van der Waals surface area contributed by atoms with Crippen LogP contribution < -0.4 is 10.6 Å². The first-order valence-electron chi connectivity index (χ1n) is 10.8. The second kappa shape index (κ2) is 6.44. The maximum atomic E-state index is 14.5. The van der Waals surface area contributed by atoms with Gasteiger partial charge in [0.05, 0.1) is 6.42 Å². The van der Waals surface area contributed by atoms with Gasteiger partial charge in [-0.2, -0.15) is 0 Å². The Bertz CT molecular complexity index is 830. The highest BCUT2D eigenvalue weighted by Gasteiger charge is 2.51. The second-order valence-corrected chi connectivity index (χ2v) is 10.5. The number of carbonyl (C=O) groups is 2. The zero-order chi connectivity index (χ0) is 20.4. The maximum absolute atomic E-state index is 14.5. The van der Waals surface area contributed by atoms with Gasteiger partial charge in [0.2, 0.25) is 0 Å². The molecule has 2 N–H and O–H groups in total. The molecule has 1 aromatic rings. The molecule has 4 aliphatic carbocycles. The van der Waals surface area contributed by atoms with Crippen LogP contribution in [0.5, 0.6) is 0 Å². The number of halogens is 1. The number of hydrogen-bond acceptors (Lipinski definition) is 3. The molecule has 0 spiro atoms. The average molecular weight is 400 g/mol. The molecule has 4 saturated carbocycles. The second-order valence-electron chi connectivity index (χ2n) is 10.5. The molecule has 1 saturated heterocycles. The summed E-state index contributed by atoms with van der Waals surface area (Å²) in [6, 6.07) is 4.26. The fourth-order valence-electron chi connectivity index (χ4n) is 6.77. The van der Waals surface area contributed by atoms with Crippen LogP contribution in [0.2, 0.25) is 0 Å². The van der Waals surface area contributed by atoms with Crippen molar-refractivity contribution >= 4 is 17.7 Å². The lowest BCUT2D eigenvalue weighted by molar-refractivity contribution is -0.142. The van der Waals surface area contributed by atoms with Gasteiger partial charge >= 0.3 is 12.0 Å². The summed E-state index contributed by atoms with van der Waals surface area (Å²) in [4.78, 5) is 24.5. The molecule has 6 heteroatoms. The van der Waals surface area contributed by atoms with Gasteiger partial charge in [-0.05, 0) is 74.5 Å². The summed E-state index contributed by atoms with van der Waals surface area (Å²) >= 11 is 0. The molecule has 0 aromatic heterocycles. The van der Waals surface area contributed by atoms with Crippen molar-refractivity contribution in [3.05, 3.63) is 29.6 Å². The monoisotopic (exact) mass is 400 g/mol. The van der Waals surface area contributed by atoms with Crippen LogP contribution in [-0.2, 0) is 9.53 Å². The third-order valence-electron chi connectivity index (χ3n) is 7.51. The van der Waals surface area contributed by atoms with Gasteiger partial charge in [0, 0.05) is 22.2 Å². The van der Waals surface area contributed by atoms with Crippen LogP contribution in [0, 0.1) is 29.0 Å². The van der Waals surface area contributed by atoms with Crippen molar-refractivity contribution in [3.63, 3.8) is 0 Å². The van der Waals surface area contributed by atoms with Crippen LogP contribution in [0.4, 0.5) is 14.9 Å². The Morgan fingerprint density at radius 1 is 1.10 bits per heavy atom. The average Bonchev–Trinajstić information content (AvgIpc) is 2.87. The van der Waals surface area contributed by atoms with Crippen molar-refractivity contribution < 1.29 is 18.7 Å². The van der Waals surface area contributed by atoms with E-state index in [4.69, 9.17) is 4.74 Å². The number of urea groups is 1. The van der Waals surface area contributed by atoms with Crippen molar-refractivity contribution in [1.82, 2.24) is 5.32 Å². The van der Waals surface area contributed by atoms with E-state index >= 15 is 0 Å². The highest BCUT2D eigenvalue weighted by atomic mass is 19.1. The summed E-state index contributed by atoms with van der Waals surface area (Å²) in [7, 11) is 0. The summed E-state index contributed by atoms with van der Waals surface area (Å²) in [5.41, 5.74) is 0.263. The number of benzene rings is 1. The van der Waals surface area contributed by atoms with Crippen LogP contribution in [0.25, 0.3) is 0 Å². The SMILES string of the molecule is CC1(C)CC(=O)OC1c1cc(NC(=O)NC23CC4CC(CC(C4)C2)C3)ccc1F. The molecule has 29 heavy (non-hydrogen) atoms. The van der Waals surface area contributed by atoms with Gasteiger partial charge in [-0.15, -0.1) is 0 Å². The van der Waals surface area contributed by atoms with E-state index in [1.54, 1.807) is 12.1 Å². The molecule has 156 valence electrons. The summed E-state index contributed by atoms with van der Waals surface area (Å²) in [6.45, 7) is 3.78. The molecule has 1 aliphatic heterocycles. The van der Waals surface area contributed by atoms with E-state index in [1.165, 1.54) is 25.3 Å². The van der Waals surface area contributed by atoms with Gasteiger partial charge < -0.3 is 15.4 Å². The first kappa shape index (κ1) is 18.9. The molecule has 6 rings (SSSR count). The lowest BCUT2D eigenvalue weighted by atomic mass is 9.53. The van der Waals surface area contributed by atoms with Crippen molar-refractivity contribution in [3.8, 4) is 0 Å². The zero-order valence-electron chi connectivity index (χ0n) is 17.1. The molecule has 5 aliphatic rings. The summed E-state index contributed by atoms with van der Waals surface area (Å²) in [6.07, 6.45) is 6.79. The fourth-order valence-corrected chi connectivity index (χ4v) is 6.77. The molecule has 0 radical (unpaired) electrons. The van der Waals surface area contributed by atoms with E-state index in [2.05, 4.69) is 10.6 Å². The minimum absolute atomic E-state index is 0.0787. The van der Waals surface area contributed by atoms with Gasteiger partial charge in [-0.25, -0.2) is 9.18 Å². The predicted octanol–water partition coefficient (Wildman–Crippen LogP) is 4.93. The highest BCUT2D eigenvalue weighted by Crippen LogP contribution is 2.55. The van der Waals surface area contributed by atoms with Crippen LogP contribution in [0.3, 0.4) is 0 Å². The van der Waals surface area contributed by atoms with Crippen molar-refractivity contribution in [2.75, 3.05) is 5.32 Å². The van der Waals surface area contributed by atoms with Gasteiger partial charge in [-0.1, -0.05) is 13.8 Å². The molecule has 4 bridgehead atoms. The molecular formula is C23H29FN2O3. The molecule has 1 atom stereocenters. The summed E-state index contributed by atoms with van der Waals surface area (Å²) in [5, 5.41) is 6.16. The topological polar surface area (TPSA) is 67.4 Å². The molecule has 1 unspecified atom stereocenters. The highest BCUT2D eigenvalue weighted by molar-refractivity contribution is 5.90. The first-order chi connectivity index (χ1) is 13.7. The molecular weight excluding hydrogens is 371 g/mol. The van der Waals surface area contributed by atoms with Crippen LogP contribution in [-0.4, -0.2) is 17.5 Å². The fraction of sp³-hybridized carbons (Fsp3) is 0.652. The van der Waals surface area contributed by atoms with E-state index in [1.807, 2.05) is 13.8 Å². The number of rotatable bonds is 3. The maximum Gasteiger partial charge on any atom is 0.319 e. The van der Waals surface area contributed by atoms with Gasteiger partial charge in [0.15, 0.2) is 0 Å². The molecule has 1 heterocycles. The smallest absolute Gasteiger partial charge is 0.319 e. The van der Waals surface area contributed by atoms with Crippen molar-refractivity contribution in [1.29, 1.82) is 0 Å². The Morgan fingerprint density at radius 2 is 1.72 bits per heavy atom. The Kier molecular flexibility index (Phi) is 4.20. The minimum Gasteiger partial charge on any atom is -0.457 e. The van der Waals surface area contributed by atoms with Gasteiger partial charge in [-0.3, -0.25) is 4.79 Å². The number of nitrogens with one attached hydrogen (secondary N) is 2. The van der Waals surface area contributed by atoms with E-state index in [0.29, 0.717) is 11.3 Å². The number of esters is 1. The van der Waals surface area contributed by atoms with E-state index in [0.717, 1.165) is 37.0 Å². The lowest BCUT2D eigenvalue weighted by Crippen LogP contribution is -2.60. The van der Waals surface area contributed by atoms with Crippen molar-refractivity contribution in [2.24, 2.45) is 23.2 Å². The first-order valence-corrected chi connectivity index (χ1v) is 10.8. The van der Waals surface area contributed by atoms with Crippen molar-refractivity contribution in [2.45, 2.75) is 70.4 Å². The lowest BCUT2D eigenvalue weighted by Gasteiger charge is -2.56. The number of hydrogen-bond donors (Lipinski definition) is 2. The van der Waals surface area contributed by atoms with Gasteiger partial charge in [0.1, 0.15) is 11.9 Å². The zero-order valence-corrected chi connectivity index (χ0v) is 17.1. The Balaban J connectivity index is 1.31. The van der Waals surface area contributed by atoms with Gasteiger partial charge in [0.25, 0.3) is 0 Å².